The predicted molar refractivity (Wildman–Crippen MR) is 99.6 cm³/mol. The van der Waals surface area contributed by atoms with E-state index in [0.717, 1.165) is 0 Å². The van der Waals surface area contributed by atoms with Crippen LogP contribution in [0.25, 0.3) is 0 Å². The molecule has 2 atom stereocenters. The molecule has 1 N–H and O–H groups in total. The zero-order valence-electron chi connectivity index (χ0n) is 15.1. The molecule has 144 valence electrons. The van der Waals surface area contributed by atoms with Crippen molar-refractivity contribution in [3.63, 3.8) is 0 Å². The van der Waals surface area contributed by atoms with Crippen LogP contribution in [0.4, 0.5) is 10.1 Å². The van der Waals surface area contributed by atoms with Gasteiger partial charge < -0.3 is 9.64 Å². The Morgan fingerprint density at radius 1 is 1.11 bits per heavy atom. The molecule has 2 aromatic carbocycles. The zero-order valence-corrected chi connectivity index (χ0v) is 15.9. The van der Waals surface area contributed by atoms with Gasteiger partial charge in [-0.15, -0.1) is 0 Å². The molecule has 1 amide bonds. The number of amides is 1. The summed E-state index contributed by atoms with van der Waals surface area (Å²) in [7, 11) is -4.03. The number of para-hydroxylation sites is 1. The molecule has 0 aromatic heterocycles. The third kappa shape index (κ3) is 4.45. The maximum absolute atomic E-state index is 13.8. The van der Waals surface area contributed by atoms with Crippen LogP contribution in [-0.2, 0) is 14.8 Å². The smallest absolute Gasteiger partial charge is 0.262 e. The summed E-state index contributed by atoms with van der Waals surface area (Å²) in [6.07, 6.45) is -0.181. The van der Waals surface area contributed by atoms with E-state index in [4.69, 9.17) is 4.74 Å². The van der Waals surface area contributed by atoms with Crippen LogP contribution in [-0.4, -0.2) is 44.5 Å². The summed E-state index contributed by atoms with van der Waals surface area (Å²) in [4.78, 5) is 14.3. The lowest BCUT2D eigenvalue weighted by molar-refractivity contribution is -0.0586. The van der Waals surface area contributed by atoms with E-state index in [1.54, 1.807) is 11.0 Å². The largest absolute Gasteiger partial charge is 0.372 e. The normalized spacial score (nSPS) is 20.3. The average Bonchev–Trinajstić information content (AvgIpc) is 2.62. The average molecular weight is 392 g/mol. The molecule has 1 aliphatic rings. The van der Waals surface area contributed by atoms with Gasteiger partial charge in [0.15, 0.2) is 0 Å². The second-order valence-corrected chi connectivity index (χ2v) is 8.26. The lowest BCUT2D eigenvalue weighted by atomic mass is 10.1. The van der Waals surface area contributed by atoms with Crippen molar-refractivity contribution in [1.29, 1.82) is 0 Å². The molecule has 0 saturated carbocycles. The fourth-order valence-corrected chi connectivity index (χ4v) is 4.18. The zero-order chi connectivity index (χ0) is 19.6. The Bertz CT molecular complexity index is 938. The highest BCUT2D eigenvalue weighted by atomic mass is 32.2. The third-order valence-electron chi connectivity index (χ3n) is 4.22. The molecule has 3 rings (SSSR count). The van der Waals surface area contributed by atoms with E-state index >= 15 is 0 Å². The van der Waals surface area contributed by atoms with E-state index in [9.17, 15) is 17.6 Å². The topological polar surface area (TPSA) is 75.7 Å². The van der Waals surface area contributed by atoms with Gasteiger partial charge in [-0.2, -0.15) is 0 Å². The Hall–Kier alpha value is -2.45. The highest BCUT2D eigenvalue weighted by molar-refractivity contribution is 7.92. The number of rotatable bonds is 4. The highest BCUT2D eigenvalue weighted by Crippen LogP contribution is 2.21. The van der Waals surface area contributed by atoms with Crippen molar-refractivity contribution in [3.8, 4) is 0 Å². The number of hydrogen-bond donors (Lipinski definition) is 1. The van der Waals surface area contributed by atoms with Gasteiger partial charge in [0.2, 0.25) is 0 Å². The molecule has 1 saturated heterocycles. The molecule has 0 radical (unpaired) electrons. The molecular weight excluding hydrogens is 371 g/mol. The first-order valence-electron chi connectivity index (χ1n) is 8.58. The molecule has 0 bridgehead atoms. The fraction of sp³-hybridized carbons (Fsp3) is 0.316. The predicted octanol–water partition coefficient (Wildman–Crippen LogP) is 2.88. The maximum atomic E-state index is 13.8. The Balaban J connectivity index is 1.84. The van der Waals surface area contributed by atoms with Crippen molar-refractivity contribution in [2.24, 2.45) is 0 Å². The Labute approximate surface area is 158 Å². The highest BCUT2D eigenvalue weighted by Gasteiger charge is 2.27. The van der Waals surface area contributed by atoms with Gasteiger partial charge in [0, 0.05) is 18.7 Å². The summed E-state index contributed by atoms with van der Waals surface area (Å²) >= 11 is 0. The fourth-order valence-electron chi connectivity index (χ4n) is 3.07. The number of ether oxygens (including phenoxy) is 1. The van der Waals surface area contributed by atoms with Crippen molar-refractivity contribution < 1.29 is 22.3 Å². The number of nitrogens with zero attached hydrogens (tertiary/aromatic N) is 1. The van der Waals surface area contributed by atoms with E-state index in [1.165, 1.54) is 42.5 Å². The SMILES string of the molecule is CC1CN(C(=O)c2cccc(S(=O)(=O)Nc3ccccc3F)c2)CC(C)O1. The van der Waals surface area contributed by atoms with Crippen LogP contribution < -0.4 is 4.72 Å². The molecule has 2 unspecified atom stereocenters. The first-order chi connectivity index (χ1) is 12.8. The molecule has 8 heteroatoms. The van der Waals surface area contributed by atoms with E-state index in [2.05, 4.69) is 4.72 Å². The van der Waals surface area contributed by atoms with Gasteiger partial charge in [-0.3, -0.25) is 9.52 Å². The van der Waals surface area contributed by atoms with Crippen LogP contribution in [0.15, 0.2) is 53.4 Å². The molecule has 0 spiro atoms. The Morgan fingerprint density at radius 2 is 1.78 bits per heavy atom. The van der Waals surface area contributed by atoms with Gasteiger partial charge in [-0.1, -0.05) is 18.2 Å². The number of halogens is 1. The third-order valence-corrected chi connectivity index (χ3v) is 5.58. The molecule has 0 aliphatic carbocycles. The lowest BCUT2D eigenvalue weighted by Crippen LogP contribution is -2.48. The molecule has 2 aromatic rings. The number of anilines is 1. The Kier molecular flexibility index (Phi) is 5.48. The number of carbonyl (C=O) groups is 1. The van der Waals surface area contributed by atoms with Gasteiger partial charge in [0.25, 0.3) is 15.9 Å². The summed E-state index contributed by atoms with van der Waals surface area (Å²) in [5.41, 5.74) is 0.109. The summed E-state index contributed by atoms with van der Waals surface area (Å²) in [5, 5.41) is 0. The number of hydrogen-bond acceptors (Lipinski definition) is 4. The maximum Gasteiger partial charge on any atom is 0.262 e. The van der Waals surface area contributed by atoms with Gasteiger partial charge in [0.05, 0.1) is 22.8 Å². The first kappa shape index (κ1) is 19.3. The monoisotopic (exact) mass is 392 g/mol. The Morgan fingerprint density at radius 3 is 2.44 bits per heavy atom. The van der Waals surface area contributed by atoms with Crippen molar-refractivity contribution in [3.05, 3.63) is 59.9 Å². The number of sulfonamides is 1. The van der Waals surface area contributed by atoms with Gasteiger partial charge in [-0.25, -0.2) is 12.8 Å². The second kappa shape index (κ2) is 7.66. The van der Waals surface area contributed by atoms with E-state index in [1.807, 2.05) is 13.8 Å². The van der Waals surface area contributed by atoms with E-state index in [0.29, 0.717) is 13.1 Å². The van der Waals surface area contributed by atoms with Crippen LogP contribution in [0.2, 0.25) is 0 Å². The number of morpholine rings is 1. The van der Waals surface area contributed by atoms with E-state index in [-0.39, 0.29) is 34.3 Å². The van der Waals surface area contributed by atoms with Crippen molar-refractivity contribution in [2.75, 3.05) is 17.8 Å². The van der Waals surface area contributed by atoms with Crippen LogP contribution in [0.1, 0.15) is 24.2 Å². The second-order valence-electron chi connectivity index (χ2n) is 6.58. The van der Waals surface area contributed by atoms with Crippen molar-refractivity contribution >= 4 is 21.6 Å². The number of nitrogens with one attached hydrogen (secondary N) is 1. The van der Waals surface area contributed by atoms with Crippen LogP contribution in [0.5, 0.6) is 0 Å². The summed E-state index contributed by atoms with van der Waals surface area (Å²) in [6, 6.07) is 11.2. The first-order valence-corrected chi connectivity index (χ1v) is 10.1. The molecule has 1 heterocycles. The minimum atomic E-state index is -4.03. The molecule has 27 heavy (non-hydrogen) atoms. The lowest BCUT2D eigenvalue weighted by Gasteiger charge is -2.35. The summed E-state index contributed by atoms with van der Waals surface area (Å²) in [6.45, 7) is 4.64. The number of benzene rings is 2. The van der Waals surface area contributed by atoms with Crippen molar-refractivity contribution in [2.45, 2.75) is 31.0 Å². The van der Waals surface area contributed by atoms with Gasteiger partial charge >= 0.3 is 0 Å². The van der Waals surface area contributed by atoms with Gasteiger partial charge in [0.1, 0.15) is 5.82 Å². The summed E-state index contributed by atoms with van der Waals surface area (Å²) in [5.74, 6) is -0.940. The minimum absolute atomic E-state index is 0.0904. The van der Waals surface area contributed by atoms with Gasteiger partial charge in [-0.05, 0) is 44.2 Å². The van der Waals surface area contributed by atoms with E-state index < -0.39 is 15.8 Å². The molecule has 1 fully saturated rings. The molecular formula is C19H21FN2O4S. The summed E-state index contributed by atoms with van der Waals surface area (Å²) < 4.78 is 46.8. The standard InChI is InChI=1S/C19H21FN2O4S/c1-13-11-22(12-14(2)26-13)19(23)15-6-5-7-16(10-15)27(24,25)21-18-9-4-3-8-17(18)20/h3-10,13-14,21H,11-12H2,1-2H3. The minimum Gasteiger partial charge on any atom is -0.372 e. The molecule has 1 aliphatic heterocycles. The quantitative estimate of drug-likeness (QED) is 0.868. The van der Waals surface area contributed by atoms with Crippen LogP contribution in [0.3, 0.4) is 0 Å². The van der Waals surface area contributed by atoms with Crippen molar-refractivity contribution in [1.82, 2.24) is 4.90 Å². The molecule has 6 nitrogen and oxygen atoms in total. The number of carbonyl (C=O) groups excluding carboxylic acids is 1. The van der Waals surface area contributed by atoms with Crippen LogP contribution >= 0.6 is 0 Å². The van der Waals surface area contributed by atoms with Crippen LogP contribution in [0, 0.1) is 5.82 Å².